The lowest BCUT2D eigenvalue weighted by molar-refractivity contribution is 0.668. The van der Waals surface area contributed by atoms with Crippen molar-refractivity contribution in [2.45, 2.75) is 0 Å². The van der Waals surface area contributed by atoms with E-state index in [2.05, 4.69) is 206 Å². The zero-order chi connectivity index (χ0) is 91.1. The predicted octanol–water partition coefficient (Wildman–Crippen LogP) is 32.7. The maximum absolute atomic E-state index is 6.15. The van der Waals surface area contributed by atoms with Crippen LogP contribution in [0.4, 0.5) is 0 Å². The van der Waals surface area contributed by atoms with Crippen LogP contribution in [-0.4, -0.2) is 44.9 Å². The minimum atomic E-state index is 0.584. The normalized spacial score (nSPS) is 11.6. The highest BCUT2D eigenvalue weighted by Gasteiger charge is 2.24. The van der Waals surface area contributed by atoms with E-state index in [4.69, 9.17) is 71.4 Å². The first-order chi connectivity index (χ1) is 68.3. The number of hydrogen-bond acceptors (Lipinski definition) is 15. The fraction of sp³-hybridized carbons (Fsp3) is 0. The second-order valence-electron chi connectivity index (χ2n) is 34.2. The molecule has 15 nitrogen and oxygen atoms in total. The Morgan fingerprint density at radius 3 is 0.522 bits per heavy atom. The molecule has 0 fully saturated rings. The van der Waals surface area contributed by atoms with Crippen LogP contribution < -0.4 is 0 Å². The topological polar surface area (TPSA) is 195 Å². The quantitative estimate of drug-likeness (QED) is 0.106. The molecule has 9 heterocycles. The summed E-state index contributed by atoms with van der Waals surface area (Å²) in [6, 6.07) is 150. The average Bonchev–Trinajstić information content (AvgIpc) is 1.75. The SMILES string of the molecule is c1ccc(-c2cc(-c3ccccc3)cc(-c3nc(-c4ccc5oc6ccccc6c5c4)nc(-c4ccc5oc6ccccc6c5c4)n3)c2)cc1.c1ccc(-c2ccc(-c3nc(-c4ccc5oc6ccccc6c5c4)nc(-c4ccc5oc6ccccc6c5c4)n3)cc2)cc1.c1ccc(-c2cccc(-c3nc(-c4ccc5oc6ccccc6c5c4)nc(-c4ccc5oc6ccccc6c5c4)n3)c2)cc1. The minimum absolute atomic E-state index is 0.584. The van der Waals surface area contributed by atoms with Crippen LogP contribution in [0.15, 0.2) is 469 Å². The van der Waals surface area contributed by atoms with Crippen LogP contribution in [0.5, 0.6) is 0 Å². The van der Waals surface area contributed by atoms with Gasteiger partial charge in [-0.2, -0.15) is 0 Å². The Morgan fingerprint density at radius 2 is 0.254 bits per heavy atom. The van der Waals surface area contributed by atoms with E-state index in [-0.39, 0.29) is 0 Å². The first-order valence-electron chi connectivity index (χ1n) is 45.6. The standard InChI is InChI=1S/C45H27N3O2.2C39H23N3O2/c1-3-11-28(12-4-1)32-23-33(29-13-5-2-6-14-29)25-34(24-32)45-47-43(30-19-21-41-37(26-30)35-15-7-9-17-39(35)49-41)46-44(48-45)31-20-22-42-38(27-31)36-16-8-10-18-40(36)50-42;1-2-9-24(10-3-1)25-11-8-12-26(21-25)37-40-38(27-17-19-35-31(22-27)29-13-4-6-15-33(29)43-35)42-39(41-37)28-18-20-36-32(23-28)30-14-5-7-16-34(30)44-36;1-2-8-24(9-3-1)25-14-16-26(17-15-25)37-40-38(27-18-20-35-31(22-27)29-10-4-6-12-33(29)43-35)42-39(41-37)28-19-21-36-32(23-28)30-11-5-7-13-34(30)44-36/h1-27H;2*1-23H. The van der Waals surface area contributed by atoms with Crippen LogP contribution in [0.25, 0.3) is 279 Å². The molecule has 646 valence electrons. The number of furan rings is 6. The van der Waals surface area contributed by atoms with Crippen molar-refractivity contribution < 1.29 is 26.5 Å². The summed E-state index contributed by atoms with van der Waals surface area (Å²) in [5, 5.41) is 12.5. The molecule has 0 aliphatic rings. The van der Waals surface area contributed by atoms with Gasteiger partial charge in [0.25, 0.3) is 0 Å². The van der Waals surface area contributed by atoms with Gasteiger partial charge in [0.2, 0.25) is 0 Å². The third-order valence-corrected chi connectivity index (χ3v) is 25.6. The van der Waals surface area contributed by atoms with Gasteiger partial charge < -0.3 is 26.5 Å². The van der Waals surface area contributed by atoms with E-state index in [1.165, 1.54) is 0 Å². The summed E-state index contributed by atoms with van der Waals surface area (Å²) in [6.07, 6.45) is 0. The third kappa shape index (κ3) is 14.9. The van der Waals surface area contributed by atoms with E-state index in [0.717, 1.165) is 226 Å². The maximum atomic E-state index is 6.15. The Bertz CT molecular complexity index is 9170. The molecular weight excluding hydrogens is 1700 g/mol. The van der Waals surface area contributed by atoms with Gasteiger partial charge in [-0.15, -0.1) is 0 Å². The number of rotatable bonds is 13. The van der Waals surface area contributed by atoms with Gasteiger partial charge in [-0.25, -0.2) is 44.9 Å². The summed E-state index contributed by atoms with van der Waals surface area (Å²) in [5.74, 6) is 5.37. The van der Waals surface area contributed by atoms with Gasteiger partial charge in [0, 0.05) is 115 Å². The van der Waals surface area contributed by atoms with Gasteiger partial charge in [0.05, 0.1) is 0 Å². The lowest BCUT2D eigenvalue weighted by Crippen LogP contribution is -2.00. The smallest absolute Gasteiger partial charge is 0.164 e. The van der Waals surface area contributed by atoms with Gasteiger partial charge >= 0.3 is 0 Å². The van der Waals surface area contributed by atoms with Gasteiger partial charge in [-0.05, 0) is 214 Å². The molecule has 28 aromatic rings. The first-order valence-corrected chi connectivity index (χ1v) is 45.6. The molecule has 0 bridgehead atoms. The Morgan fingerprint density at radius 1 is 0.0942 bits per heavy atom. The molecule has 0 N–H and O–H groups in total. The van der Waals surface area contributed by atoms with Gasteiger partial charge in [0.1, 0.15) is 67.0 Å². The lowest BCUT2D eigenvalue weighted by atomic mass is 9.96. The molecule has 0 aliphatic heterocycles. The van der Waals surface area contributed by atoms with Crippen LogP contribution in [0.2, 0.25) is 0 Å². The van der Waals surface area contributed by atoms with Crippen molar-refractivity contribution in [3.63, 3.8) is 0 Å². The molecule has 0 saturated heterocycles. The molecule has 0 spiro atoms. The molecule has 0 atom stereocenters. The number of nitrogens with zero attached hydrogens (tertiary/aromatic N) is 9. The van der Waals surface area contributed by atoms with Gasteiger partial charge in [0.15, 0.2) is 52.4 Å². The number of aromatic nitrogens is 9. The average molecular weight is 1770 g/mol. The maximum Gasteiger partial charge on any atom is 0.164 e. The van der Waals surface area contributed by atoms with Crippen LogP contribution in [0, 0.1) is 0 Å². The van der Waals surface area contributed by atoms with Crippen molar-refractivity contribution in [2.24, 2.45) is 0 Å². The zero-order valence-electron chi connectivity index (χ0n) is 73.6. The van der Waals surface area contributed by atoms with E-state index < -0.39 is 0 Å². The highest BCUT2D eigenvalue weighted by Crippen LogP contribution is 2.43. The summed E-state index contributed by atoms with van der Waals surface area (Å²) < 4.78 is 36.6. The number of fused-ring (bicyclic) bond motifs is 18. The molecule has 0 saturated carbocycles. The van der Waals surface area contributed by atoms with Crippen molar-refractivity contribution >= 4 is 132 Å². The molecule has 0 amide bonds. The fourth-order valence-corrected chi connectivity index (χ4v) is 18.7. The fourth-order valence-electron chi connectivity index (χ4n) is 18.7. The number of hydrogen-bond donors (Lipinski definition) is 0. The van der Waals surface area contributed by atoms with Crippen LogP contribution >= 0.6 is 0 Å². The monoisotopic (exact) mass is 1770 g/mol. The second kappa shape index (κ2) is 33.7. The molecule has 9 aromatic heterocycles. The zero-order valence-corrected chi connectivity index (χ0v) is 73.6. The van der Waals surface area contributed by atoms with Crippen molar-refractivity contribution in [1.29, 1.82) is 0 Å². The molecule has 15 heteroatoms. The van der Waals surface area contributed by atoms with Crippen LogP contribution in [-0.2, 0) is 0 Å². The van der Waals surface area contributed by atoms with E-state index >= 15 is 0 Å². The van der Waals surface area contributed by atoms with Crippen molar-refractivity contribution in [2.75, 3.05) is 0 Å². The first kappa shape index (κ1) is 79.9. The van der Waals surface area contributed by atoms with E-state index in [9.17, 15) is 0 Å². The predicted molar refractivity (Wildman–Crippen MR) is 554 cm³/mol. The van der Waals surface area contributed by atoms with Crippen LogP contribution in [0.3, 0.4) is 0 Å². The van der Waals surface area contributed by atoms with E-state index in [1.807, 2.05) is 237 Å². The minimum Gasteiger partial charge on any atom is -0.456 e. The summed E-state index contributed by atoms with van der Waals surface area (Å²) in [6.45, 7) is 0. The lowest BCUT2D eigenvalue weighted by Gasteiger charge is -2.12. The highest BCUT2D eigenvalue weighted by molar-refractivity contribution is 6.12. The Balaban J connectivity index is 0.000000107. The molecule has 138 heavy (non-hydrogen) atoms. The summed E-state index contributed by atoms with van der Waals surface area (Å²) >= 11 is 0. The Kier molecular flexibility index (Phi) is 19.5. The second-order valence-corrected chi connectivity index (χ2v) is 34.2. The molecule has 0 unspecified atom stereocenters. The molecular formula is C123H73N9O6. The largest absolute Gasteiger partial charge is 0.456 e. The van der Waals surface area contributed by atoms with E-state index in [0.29, 0.717) is 52.4 Å². The Labute approximate surface area is 787 Å². The molecule has 19 aromatic carbocycles. The van der Waals surface area contributed by atoms with Gasteiger partial charge in [-0.3, -0.25) is 0 Å². The van der Waals surface area contributed by atoms with Crippen LogP contribution in [0.1, 0.15) is 0 Å². The highest BCUT2D eigenvalue weighted by atomic mass is 16.3. The summed E-state index contributed by atoms with van der Waals surface area (Å²) in [4.78, 5) is 45.6. The summed E-state index contributed by atoms with van der Waals surface area (Å²) in [7, 11) is 0. The van der Waals surface area contributed by atoms with Crippen molar-refractivity contribution in [3.05, 3.63) is 443 Å². The number of para-hydroxylation sites is 6. The molecule has 0 aliphatic carbocycles. The Hall–Kier alpha value is -19.0. The molecule has 28 rings (SSSR count). The van der Waals surface area contributed by atoms with Gasteiger partial charge in [-0.1, -0.05) is 273 Å². The van der Waals surface area contributed by atoms with Crippen molar-refractivity contribution in [1.82, 2.24) is 44.9 Å². The third-order valence-electron chi connectivity index (χ3n) is 25.6. The van der Waals surface area contributed by atoms with Crippen molar-refractivity contribution in [3.8, 4) is 147 Å². The summed E-state index contributed by atoms with van der Waals surface area (Å²) in [5.41, 5.74) is 27.1. The molecule has 0 radical (unpaired) electrons. The van der Waals surface area contributed by atoms with E-state index in [1.54, 1.807) is 0 Å². The number of benzene rings is 19.